The van der Waals surface area contributed by atoms with Gasteiger partial charge in [-0.3, -0.25) is 14.6 Å². The van der Waals surface area contributed by atoms with Gasteiger partial charge in [-0.2, -0.15) is 0 Å². The molecule has 174 valence electrons. The lowest BCUT2D eigenvalue weighted by Crippen LogP contribution is -2.43. The Balaban J connectivity index is 1.88. The average molecular weight is 450 g/mol. The molecule has 0 aliphatic carbocycles. The van der Waals surface area contributed by atoms with Crippen LogP contribution in [-0.2, 0) is 16.1 Å². The van der Waals surface area contributed by atoms with Gasteiger partial charge in [0.25, 0.3) is 5.91 Å². The number of fused-ring (bicyclic) bond motifs is 1. The minimum absolute atomic E-state index is 0.0123. The van der Waals surface area contributed by atoms with Crippen molar-refractivity contribution in [2.24, 2.45) is 0 Å². The molecule has 0 spiro atoms. The zero-order valence-electron chi connectivity index (χ0n) is 19.5. The van der Waals surface area contributed by atoms with Crippen LogP contribution in [0.4, 0.5) is 5.69 Å². The summed E-state index contributed by atoms with van der Waals surface area (Å²) in [5.74, 6) is 0.462. The number of hydrogen-bond donors (Lipinski definition) is 1. The normalized spacial score (nSPS) is 16.2. The van der Waals surface area contributed by atoms with Crippen molar-refractivity contribution in [1.82, 2.24) is 19.4 Å². The lowest BCUT2D eigenvalue weighted by Gasteiger charge is -2.35. The third-order valence-corrected chi connectivity index (χ3v) is 6.23. The summed E-state index contributed by atoms with van der Waals surface area (Å²) in [7, 11) is 1.47. The van der Waals surface area contributed by atoms with Gasteiger partial charge in [0, 0.05) is 49.9 Å². The lowest BCUT2D eigenvalue weighted by atomic mass is 9.98. The Hall–Kier alpha value is -3.26. The molecule has 1 fully saturated rings. The Morgan fingerprint density at radius 2 is 2.09 bits per heavy atom. The Kier molecular flexibility index (Phi) is 7.03. The van der Waals surface area contributed by atoms with Crippen molar-refractivity contribution < 1.29 is 14.3 Å². The molecule has 1 aromatic carbocycles. The monoisotopic (exact) mass is 449 g/mol. The zero-order chi connectivity index (χ0) is 23.4. The molecule has 0 unspecified atom stereocenters. The fourth-order valence-corrected chi connectivity index (χ4v) is 4.70. The molecule has 3 heterocycles. The first-order chi connectivity index (χ1) is 16.1. The predicted octanol–water partition coefficient (Wildman–Crippen LogP) is 4.11. The van der Waals surface area contributed by atoms with E-state index in [2.05, 4.69) is 21.8 Å². The highest BCUT2D eigenvalue weighted by Crippen LogP contribution is 2.32. The molecule has 33 heavy (non-hydrogen) atoms. The largest absolute Gasteiger partial charge is 0.375 e. The highest BCUT2D eigenvalue weighted by molar-refractivity contribution is 6.08. The number of ether oxygens (including phenoxy) is 1. The first kappa shape index (κ1) is 22.9. The predicted molar refractivity (Wildman–Crippen MR) is 128 cm³/mol. The van der Waals surface area contributed by atoms with E-state index in [-0.39, 0.29) is 24.5 Å². The van der Waals surface area contributed by atoms with Crippen LogP contribution in [-0.4, -0.2) is 57.6 Å². The van der Waals surface area contributed by atoms with E-state index in [1.807, 2.05) is 30.0 Å². The van der Waals surface area contributed by atoms with Gasteiger partial charge in [-0.15, -0.1) is 0 Å². The molecule has 8 nitrogen and oxygen atoms in total. The van der Waals surface area contributed by atoms with Crippen molar-refractivity contribution >= 4 is 28.5 Å². The van der Waals surface area contributed by atoms with Crippen LogP contribution in [0.25, 0.3) is 22.4 Å². The number of piperidine rings is 1. The molecule has 2 amide bonds. The molecular weight excluding hydrogens is 418 g/mol. The molecule has 0 bridgehead atoms. The van der Waals surface area contributed by atoms with E-state index in [0.29, 0.717) is 23.3 Å². The Bertz CT molecular complexity index is 1140. The highest BCUT2D eigenvalue weighted by atomic mass is 16.5. The standard InChI is InChI=1S/C25H31N5O3/c1-4-19-10-6-7-12-30(19)25(32)20-13-18(27-22(31)16-33-3)14-21-23(20)29(5-2)24(28-21)17-9-8-11-26-15-17/h8-9,11,13-15,19H,4-7,10,12,16H2,1-3H3,(H,27,31)/t19-/m1/s1. The van der Waals surface area contributed by atoms with Crippen molar-refractivity contribution in [3.05, 3.63) is 42.2 Å². The summed E-state index contributed by atoms with van der Waals surface area (Å²) in [4.78, 5) is 37.2. The van der Waals surface area contributed by atoms with E-state index < -0.39 is 0 Å². The van der Waals surface area contributed by atoms with Crippen molar-refractivity contribution in [2.75, 3.05) is 25.6 Å². The molecule has 0 radical (unpaired) electrons. The van der Waals surface area contributed by atoms with Crippen LogP contribution in [0.3, 0.4) is 0 Å². The quantitative estimate of drug-likeness (QED) is 0.586. The number of amides is 2. The van der Waals surface area contributed by atoms with Crippen molar-refractivity contribution in [2.45, 2.75) is 52.1 Å². The molecule has 1 atom stereocenters. The number of carbonyl (C=O) groups is 2. The molecule has 8 heteroatoms. The second kappa shape index (κ2) is 10.1. The smallest absolute Gasteiger partial charge is 0.256 e. The average Bonchev–Trinajstić information content (AvgIpc) is 3.22. The zero-order valence-corrected chi connectivity index (χ0v) is 19.5. The Morgan fingerprint density at radius 3 is 2.79 bits per heavy atom. The van der Waals surface area contributed by atoms with E-state index in [1.54, 1.807) is 18.5 Å². The number of aromatic nitrogens is 3. The van der Waals surface area contributed by atoms with Crippen LogP contribution in [0, 0.1) is 0 Å². The highest BCUT2D eigenvalue weighted by Gasteiger charge is 2.29. The van der Waals surface area contributed by atoms with Gasteiger partial charge in [-0.25, -0.2) is 4.98 Å². The number of likely N-dealkylation sites (tertiary alicyclic amines) is 1. The van der Waals surface area contributed by atoms with Gasteiger partial charge in [0.2, 0.25) is 5.91 Å². The maximum Gasteiger partial charge on any atom is 0.256 e. The molecule has 4 rings (SSSR count). The SMILES string of the molecule is CC[C@@H]1CCCCN1C(=O)c1cc(NC(=O)COC)cc2nc(-c3cccnc3)n(CC)c12. The summed E-state index contributed by atoms with van der Waals surface area (Å²) in [5, 5.41) is 2.85. The number of nitrogens with zero attached hydrogens (tertiary/aromatic N) is 4. The Morgan fingerprint density at radius 1 is 1.24 bits per heavy atom. The number of anilines is 1. The summed E-state index contributed by atoms with van der Waals surface area (Å²) in [6.07, 6.45) is 7.58. The van der Waals surface area contributed by atoms with Crippen molar-refractivity contribution in [3.63, 3.8) is 0 Å². The maximum atomic E-state index is 13.9. The third-order valence-electron chi connectivity index (χ3n) is 6.23. The number of carbonyl (C=O) groups excluding carboxylic acids is 2. The van der Waals surface area contributed by atoms with Crippen LogP contribution in [0.5, 0.6) is 0 Å². The molecule has 1 saturated heterocycles. The Labute approximate surface area is 194 Å². The van der Waals surface area contributed by atoms with Crippen molar-refractivity contribution in [1.29, 1.82) is 0 Å². The van der Waals surface area contributed by atoms with Gasteiger partial charge in [0.1, 0.15) is 12.4 Å². The van der Waals surface area contributed by atoms with E-state index in [4.69, 9.17) is 9.72 Å². The molecule has 1 aliphatic heterocycles. The topological polar surface area (TPSA) is 89.3 Å². The number of nitrogens with one attached hydrogen (secondary N) is 1. The second-order valence-corrected chi connectivity index (χ2v) is 8.35. The summed E-state index contributed by atoms with van der Waals surface area (Å²) >= 11 is 0. The molecule has 2 aromatic heterocycles. The fraction of sp³-hybridized carbons (Fsp3) is 0.440. The minimum Gasteiger partial charge on any atom is -0.375 e. The molecule has 0 saturated carbocycles. The molecule has 1 aliphatic rings. The molecular formula is C25H31N5O3. The summed E-state index contributed by atoms with van der Waals surface area (Å²) in [6, 6.07) is 7.65. The van der Waals surface area contributed by atoms with Crippen LogP contribution in [0.15, 0.2) is 36.7 Å². The number of pyridine rings is 1. The van der Waals surface area contributed by atoms with Gasteiger partial charge in [0.05, 0.1) is 16.6 Å². The number of benzene rings is 1. The number of imidazole rings is 1. The summed E-state index contributed by atoms with van der Waals surface area (Å²) in [6.45, 7) is 5.50. The van der Waals surface area contributed by atoms with Crippen LogP contribution in [0.1, 0.15) is 49.9 Å². The van der Waals surface area contributed by atoms with E-state index in [9.17, 15) is 9.59 Å². The maximum absolute atomic E-state index is 13.9. The van der Waals surface area contributed by atoms with Gasteiger partial charge < -0.3 is 19.5 Å². The number of hydrogen-bond acceptors (Lipinski definition) is 5. The second-order valence-electron chi connectivity index (χ2n) is 8.35. The number of rotatable bonds is 7. The summed E-state index contributed by atoms with van der Waals surface area (Å²) < 4.78 is 7.01. The fourth-order valence-electron chi connectivity index (χ4n) is 4.70. The van der Waals surface area contributed by atoms with Crippen LogP contribution >= 0.6 is 0 Å². The first-order valence-corrected chi connectivity index (χ1v) is 11.6. The van der Waals surface area contributed by atoms with E-state index in [1.165, 1.54) is 7.11 Å². The number of methoxy groups -OCH3 is 1. The van der Waals surface area contributed by atoms with Crippen LogP contribution in [0.2, 0.25) is 0 Å². The summed E-state index contributed by atoms with van der Waals surface area (Å²) in [5.41, 5.74) is 3.43. The third kappa shape index (κ3) is 4.61. The number of aryl methyl sites for hydroxylation is 1. The van der Waals surface area contributed by atoms with Crippen molar-refractivity contribution in [3.8, 4) is 11.4 Å². The van der Waals surface area contributed by atoms with E-state index in [0.717, 1.165) is 49.1 Å². The lowest BCUT2D eigenvalue weighted by molar-refractivity contribution is -0.119. The molecule has 1 N–H and O–H groups in total. The van der Waals surface area contributed by atoms with E-state index >= 15 is 0 Å². The first-order valence-electron chi connectivity index (χ1n) is 11.6. The van der Waals surface area contributed by atoms with Gasteiger partial charge in [0.15, 0.2) is 0 Å². The van der Waals surface area contributed by atoms with Gasteiger partial charge in [-0.1, -0.05) is 6.92 Å². The van der Waals surface area contributed by atoms with Crippen LogP contribution < -0.4 is 5.32 Å². The minimum atomic E-state index is -0.276. The molecule has 3 aromatic rings. The van der Waals surface area contributed by atoms with Gasteiger partial charge in [-0.05, 0) is 56.9 Å². The van der Waals surface area contributed by atoms with Gasteiger partial charge >= 0.3 is 0 Å².